The van der Waals surface area contributed by atoms with Crippen LogP contribution in [0.3, 0.4) is 0 Å². The van der Waals surface area contributed by atoms with Gasteiger partial charge in [-0.15, -0.1) is 11.4 Å². The van der Waals surface area contributed by atoms with Gasteiger partial charge in [0.2, 0.25) is 11.5 Å². The Labute approximate surface area is 417 Å². The third-order valence-electron chi connectivity index (χ3n) is 9.60. The number of nitrogens with zero attached hydrogens (tertiary/aromatic N) is 12. The Morgan fingerprint density at radius 1 is 0.507 bits per heavy atom. The number of hydrogen-bond acceptors (Lipinski definition) is 18. The van der Waals surface area contributed by atoms with Gasteiger partial charge in [0.25, 0.3) is 43.6 Å². The zero-order chi connectivity index (χ0) is 50.0. The maximum Gasteiger partial charge on any atom is 2.00 e. The van der Waals surface area contributed by atoms with Crippen LogP contribution in [0.4, 0.5) is 34.4 Å². The molecule has 4 aromatic carbocycles. The van der Waals surface area contributed by atoms with Gasteiger partial charge >= 0.3 is 17.1 Å². The van der Waals surface area contributed by atoms with Crippen molar-refractivity contribution in [3.05, 3.63) is 133 Å². The molecule has 4 heterocycles. The molecule has 2 amide bonds. The van der Waals surface area contributed by atoms with E-state index in [2.05, 4.69) is 60.6 Å². The topological polar surface area (TPSA) is 299 Å². The van der Waals surface area contributed by atoms with E-state index in [9.17, 15) is 26.4 Å². The number of amides is 2. The van der Waals surface area contributed by atoms with Crippen molar-refractivity contribution >= 4 is 89.1 Å². The minimum Gasteiger partial charge on any atom is -0.575 e. The van der Waals surface area contributed by atoms with Crippen LogP contribution in [0, 0.1) is 0 Å². The van der Waals surface area contributed by atoms with E-state index in [-0.39, 0.29) is 73.2 Å². The summed E-state index contributed by atoms with van der Waals surface area (Å²) in [4.78, 5) is 40.9. The van der Waals surface area contributed by atoms with Gasteiger partial charge in [-0.05, 0) is 62.4 Å². The molecule has 2 aliphatic heterocycles. The zero-order valence-corrected chi connectivity index (χ0v) is 40.7. The van der Waals surface area contributed by atoms with Gasteiger partial charge in [0.15, 0.2) is 11.6 Å². The maximum atomic E-state index is 12.8. The van der Waals surface area contributed by atoms with Crippen molar-refractivity contribution in [2.24, 2.45) is 20.4 Å². The van der Waals surface area contributed by atoms with Gasteiger partial charge in [-0.2, -0.15) is 30.2 Å². The van der Waals surface area contributed by atoms with Gasteiger partial charge in [0.1, 0.15) is 24.1 Å². The number of carbonyl (C=O) groups excluding carboxylic acids is 2. The normalized spacial score (nSPS) is 14.4. The number of benzene rings is 4. The third-order valence-corrected chi connectivity index (χ3v) is 12.3. The molecule has 0 fully saturated rings. The summed E-state index contributed by atoms with van der Waals surface area (Å²) in [6.45, 7) is 3.32. The maximum absolute atomic E-state index is 12.8. The van der Waals surface area contributed by atoms with E-state index in [0.717, 1.165) is 12.7 Å². The van der Waals surface area contributed by atoms with Gasteiger partial charge in [-0.1, -0.05) is 60.7 Å². The molecule has 71 heavy (non-hydrogen) atoms. The van der Waals surface area contributed by atoms with Crippen molar-refractivity contribution in [1.82, 2.24) is 19.9 Å². The summed E-state index contributed by atoms with van der Waals surface area (Å²) in [6.07, 6.45) is 2.30. The Morgan fingerprint density at radius 2 is 0.859 bits per heavy atom. The van der Waals surface area contributed by atoms with E-state index in [0.29, 0.717) is 34.2 Å². The van der Waals surface area contributed by atoms with E-state index in [4.69, 9.17) is 18.9 Å². The first-order valence-corrected chi connectivity index (χ1v) is 23.2. The molecule has 6 aromatic rings. The van der Waals surface area contributed by atoms with Gasteiger partial charge in [-0.3, -0.25) is 19.0 Å². The number of nitrogens with one attached hydrogen (secondary N) is 2. The smallest absolute Gasteiger partial charge is 0.575 e. The van der Waals surface area contributed by atoms with Crippen LogP contribution in [0.5, 0.6) is 23.3 Å². The Kier molecular flexibility index (Phi) is 16.6. The van der Waals surface area contributed by atoms with Crippen molar-refractivity contribution in [2.75, 3.05) is 47.9 Å². The van der Waals surface area contributed by atoms with Gasteiger partial charge in [-0.25, -0.2) is 26.8 Å². The van der Waals surface area contributed by atoms with Crippen LogP contribution < -0.4 is 38.4 Å². The van der Waals surface area contributed by atoms with Crippen LogP contribution in [0.2, 0.25) is 0 Å². The number of para-hydroxylation sites is 2. The Bertz CT molecular complexity index is 3040. The second-order valence-corrected chi connectivity index (χ2v) is 17.5. The van der Waals surface area contributed by atoms with Crippen LogP contribution in [0.1, 0.15) is 13.8 Å². The molecule has 2 aliphatic rings. The molecule has 8 rings (SSSR count). The van der Waals surface area contributed by atoms with E-state index in [1.807, 2.05) is 12.1 Å². The Balaban J connectivity index is 0.000000229. The van der Waals surface area contributed by atoms with E-state index < -0.39 is 31.9 Å². The molecule has 2 aromatic heterocycles. The molecule has 0 spiro atoms. The molecular formula is C44H40CuN14O10S2. The first-order chi connectivity index (χ1) is 33.7. The summed E-state index contributed by atoms with van der Waals surface area (Å²) in [5.74, 6) is -0.703. The quantitative estimate of drug-likeness (QED) is 0.0811. The van der Waals surface area contributed by atoms with E-state index >= 15 is 0 Å². The molecule has 0 atom stereocenters. The zero-order valence-electron chi connectivity index (χ0n) is 38.1. The van der Waals surface area contributed by atoms with E-state index in [1.165, 1.54) is 87.0 Å². The number of ether oxygens (including phenoxy) is 4. The molecular weight excluding hydrogens is 1010 g/mol. The number of hydrogen-bond donors (Lipinski definition) is 2. The van der Waals surface area contributed by atoms with Crippen LogP contribution in [0.15, 0.2) is 152 Å². The molecule has 0 unspecified atom stereocenters. The van der Waals surface area contributed by atoms with Crippen molar-refractivity contribution in [2.45, 2.75) is 23.6 Å². The summed E-state index contributed by atoms with van der Waals surface area (Å²) in [5.41, 5.74) is 11.1. The summed E-state index contributed by atoms with van der Waals surface area (Å²) < 4.78 is 76.4. The third kappa shape index (κ3) is 11.8. The number of sulfonamides is 2. The minimum absolute atomic E-state index is 0. The standard InChI is InChI=1S/2C22H21N7O5S.Cu/c2*1-14-18(22(30)29(27-14)16-7-5-4-6-8-16)26-25-15-9-11-17(12-10-15)35(31,32)28-20-19(33-2)21(34-3)24-13-23-20;/h2*4-13H,1-3H3,(H2,23,24,25,27,28,30);/q;;+2/p-2. The fraction of sp³-hybridized carbons (Fsp3) is 0.136. The Morgan fingerprint density at radius 3 is 1.18 bits per heavy atom. The van der Waals surface area contributed by atoms with Crippen molar-refractivity contribution < 1.29 is 62.4 Å². The molecule has 27 heteroatoms. The van der Waals surface area contributed by atoms with Gasteiger partial charge in [0, 0.05) is 0 Å². The second-order valence-electron chi connectivity index (χ2n) is 14.1. The molecule has 369 valence electrons. The second kappa shape index (κ2) is 22.7. The fourth-order valence-electron chi connectivity index (χ4n) is 6.21. The summed E-state index contributed by atoms with van der Waals surface area (Å²) in [5, 5.41) is 19.1. The van der Waals surface area contributed by atoms with Crippen LogP contribution in [-0.2, 0) is 46.7 Å². The number of aromatic nitrogens is 4. The largest absolute Gasteiger partial charge is 2.00 e. The molecule has 0 saturated heterocycles. The van der Waals surface area contributed by atoms with Crippen LogP contribution in [0.25, 0.3) is 10.9 Å². The summed E-state index contributed by atoms with van der Waals surface area (Å²) in [7, 11) is -2.57. The van der Waals surface area contributed by atoms with E-state index in [1.54, 1.807) is 62.4 Å². The predicted molar refractivity (Wildman–Crippen MR) is 260 cm³/mol. The van der Waals surface area contributed by atoms with Crippen LogP contribution >= 0.6 is 0 Å². The SMILES string of the molecule is COc1ncnc(NS(=O)(=O)c2ccc([N-]/N=C3/C(=O)N(c4ccccc4)N=C3C)cc2)c1OC.COc1ncnc(NS(=O)(=O)c2ccc([N-]/N=C3\C(=O)N(c4ccccc4)N=C3C)cc2)c1OC.[Cu+2]. The summed E-state index contributed by atoms with van der Waals surface area (Å²) in [6, 6.07) is 29.1. The van der Waals surface area contributed by atoms with Crippen molar-refractivity contribution in [3.8, 4) is 23.3 Å². The molecule has 0 bridgehead atoms. The average molecular weight is 1050 g/mol. The molecule has 0 saturated carbocycles. The first kappa shape index (κ1) is 51.9. The predicted octanol–water partition coefficient (Wildman–Crippen LogP) is 6.15. The first-order valence-electron chi connectivity index (χ1n) is 20.3. The number of carbonyl (C=O) groups is 2. The summed E-state index contributed by atoms with van der Waals surface area (Å²) >= 11 is 0. The number of hydrazone groups is 2. The molecule has 1 radical (unpaired) electrons. The Hall–Kier alpha value is -8.52. The van der Waals surface area contributed by atoms with Crippen molar-refractivity contribution in [3.63, 3.8) is 0 Å². The monoisotopic (exact) mass is 1050 g/mol. The van der Waals surface area contributed by atoms with Gasteiger partial charge in [0.05, 0.1) is 61.0 Å². The molecule has 0 aliphatic carbocycles. The van der Waals surface area contributed by atoms with Gasteiger partial charge < -0.3 is 40.0 Å². The fourth-order valence-corrected chi connectivity index (χ4v) is 8.23. The number of methoxy groups -OCH3 is 4. The molecule has 24 nitrogen and oxygen atoms in total. The average Bonchev–Trinajstić information content (AvgIpc) is 3.83. The number of anilines is 4. The van der Waals surface area contributed by atoms with Crippen LogP contribution in [-0.4, -0.2) is 99.9 Å². The minimum atomic E-state index is -4.01. The molecule has 2 N–H and O–H groups in total. The number of rotatable bonds is 16. The van der Waals surface area contributed by atoms with Crippen molar-refractivity contribution in [1.29, 1.82) is 0 Å².